The van der Waals surface area contributed by atoms with E-state index in [1.807, 2.05) is 0 Å². The Morgan fingerprint density at radius 2 is 2.05 bits per heavy atom. The SMILES string of the molecule is O=C(O)C(COc1ccc(F)cc1)c1cccnc1. The summed E-state index contributed by atoms with van der Waals surface area (Å²) >= 11 is 0. The molecule has 0 saturated heterocycles. The van der Waals surface area contributed by atoms with Crippen molar-refractivity contribution in [2.45, 2.75) is 5.92 Å². The maximum Gasteiger partial charge on any atom is 0.314 e. The molecule has 1 aromatic heterocycles. The first-order chi connectivity index (χ1) is 9.16. The van der Waals surface area contributed by atoms with Crippen molar-refractivity contribution >= 4 is 5.97 Å². The smallest absolute Gasteiger partial charge is 0.314 e. The van der Waals surface area contributed by atoms with E-state index in [0.29, 0.717) is 11.3 Å². The number of hydrogen-bond acceptors (Lipinski definition) is 3. The van der Waals surface area contributed by atoms with E-state index < -0.39 is 11.9 Å². The number of aromatic nitrogens is 1. The number of ether oxygens (including phenoxy) is 1. The van der Waals surface area contributed by atoms with E-state index in [9.17, 15) is 14.3 Å². The summed E-state index contributed by atoms with van der Waals surface area (Å²) in [7, 11) is 0. The Hall–Kier alpha value is -2.43. The third-order valence-corrected chi connectivity index (χ3v) is 2.62. The Morgan fingerprint density at radius 1 is 1.32 bits per heavy atom. The zero-order chi connectivity index (χ0) is 13.7. The Labute approximate surface area is 109 Å². The van der Waals surface area contributed by atoms with Gasteiger partial charge < -0.3 is 9.84 Å². The lowest BCUT2D eigenvalue weighted by molar-refractivity contribution is -0.139. The fourth-order valence-corrected chi connectivity index (χ4v) is 1.60. The van der Waals surface area contributed by atoms with Gasteiger partial charge in [0, 0.05) is 12.4 Å². The van der Waals surface area contributed by atoms with Crippen LogP contribution in [-0.4, -0.2) is 22.7 Å². The molecule has 0 fully saturated rings. The standard InChI is InChI=1S/C14H12FNO3/c15-11-3-5-12(6-4-11)19-9-13(14(17)18)10-2-1-7-16-8-10/h1-8,13H,9H2,(H,17,18). The highest BCUT2D eigenvalue weighted by molar-refractivity contribution is 5.76. The highest BCUT2D eigenvalue weighted by Crippen LogP contribution is 2.18. The zero-order valence-corrected chi connectivity index (χ0v) is 9.99. The molecule has 1 N–H and O–H groups in total. The molecule has 0 radical (unpaired) electrons. The largest absolute Gasteiger partial charge is 0.492 e. The van der Waals surface area contributed by atoms with Crippen LogP contribution in [0, 0.1) is 5.82 Å². The lowest BCUT2D eigenvalue weighted by Crippen LogP contribution is -2.19. The monoisotopic (exact) mass is 261 g/mol. The molecule has 0 amide bonds. The van der Waals surface area contributed by atoms with E-state index in [-0.39, 0.29) is 12.4 Å². The molecule has 19 heavy (non-hydrogen) atoms. The number of rotatable bonds is 5. The Kier molecular flexibility index (Phi) is 4.07. The van der Waals surface area contributed by atoms with Gasteiger partial charge in [0.15, 0.2) is 0 Å². The second kappa shape index (κ2) is 5.95. The number of nitrogens with zero attached hydrogens (tertiary/aromatic N) is 1. The van der Waals surface area contributed by atoms with Crippen LogP contribution in [0.4, 0.5) is 4.39 Å². The van der Waals surface area contributed by atoms with Crippen molar-refractivity contribution in [2.75, 3.05) is 6.61 Å². The molecule has 4 nitrogen and oxygen atoms in total. The average Bonchev–Trinajstić information content (AvgIpc) is 2.42. The normalized spacial score (nSPS) is 11.8. The summed E-state index contributed by atoms with van der Waals surface area (Å²) in [5, 5.41) is 9.18. The van der Waals surface area contributed by atoms with Crippen LogP contribution >= 0.6 is 0 Å². The number of aliphatic carboxylic acids is 1. The lowest BCUT2D eigenvalue weighted by atomic mass is 10.0. The van der Waals surface area contributed by atoms with Crippen LogP contribution in [-0.2, 0) is 4.79 Å². The molecule has 0 bridgehead atoms. The van der Waals surface area contributed by atoms with Gasteiger partial charge in [-0.15, -0.1) is 0 Å². The molecule has 0 aliphatic carbocycles. The van der Waals surface area contributed by atoms with Crippen LogP contribution in [0.1, 0.15) is 11.5 Å². The van der Waals surface area contributed by atoms with Crippen LogP contribution in [0.25, 0.3) is 0 Å². The Bertz CT molecular complexity index is 542. The van der Waals surface area contributed by atoms with Gasteiger partial charge in [0.05, 0.1) is 0 Å². The molecule has 1 aromatic carbocycles. The fraction of sp³-hybridized carbons (Fsp3) is 0.143. The van der Waals surface area contributed by atoms with Gasteiger partial charge in [0.2, 0.25) is 0 Å². The second-order valence-electron chi connectivity index (χ2n) is 3.94. The van der Waals surface area contributed by atoms with Gasteiger partial charge in [-0.3, -0.25) is 9.78 Å². The topological polar surface area (TPSA) is 59.4 Å². The minimum absolute atomic E-state index is 0.0351. The highest BCUT2D eigenvalue weighted by Gasteiger charge is 2.20. The molecular weight excluding hydrogens is 249 g/mol. The van der Waals surface area contributed by atoms with Gasteiger partial charge >= 0.3 is 5.97 Å². The zero-order valence-electron chi connectivity index (χ0n) is 9.99. The first-order valence-electron chi connectivity index (χ1n) is 5.68. The van der Waals surface area contributed by atoms with Crippen molar-refractivity contribution in [3.05, 3.63) is 60.2 Å². The van der Waals surface area contributed by atoms with E-state index in [4.69, 9.17) is 4.74 Å². The number of carbonyl (C=O) groups is 1. The molecule has 2 rings (SSSR count). The van der Waals surface area contributed by atoms with Gasteiger partial charge in [0.1, 0.15) is 24.1 Å². The molecule has 2 aromatic rings. The highest BCUT2D eigenvalue weighted by atomic mass is 19.1. The quantitative estimate of drug-likeness (QED) is 0.898. The van der Waals surface area contributed by atoms with Crippen molar-refractivity contribution < 1.29 is 19.0 Å². The van der Waals surface area contributed by atoms with Gasteiger partial charge in [-0.05, 0) is 35.9 Å². The molecule has 98 valence electrons. The predicted molar refractivity (Wildman–Crippen MR) is 66.5 cm³/mol. The summed E-state index contributed by atoms with van der Waals surface area (Å²) in [6.45, 7) is -0.0351. The lowest BCUT2D eigenvalue weighted by Gasteiger charge is -2.13. The number of carboxylic acid groups (broad SMARTS) is 1. The first-order valence-corrected chi connectivity index (χ1v) is 5.68. The fourth-order valence-electron chi connectivity index (χ4n) is 1.60. The van der Waals surface area contributed by atoms with Crippen LogP contribution < -0.4 is 4.74 Å². The molecule has 1 unspecified atom stereocenters. The van der Waals surface area contributed by atoms with Crippen molar-refractivity contribution in [2.24, 2.45) is 0 Å². The van der Waals surface area contributed by atoms with Crippen molar-refractivity contribution in [1.82, 2.24) is 4.98 Å². The maximum absolute atomic E-state index is 12.7. The number of benzene rings is 1. The summed E-state index contributed by atoms with van der Waals surface area (Å²) < 4.78 is 18.1. The average molecular weight is 261 g/mol. The minimum Gasteiger partial charge on any atom is -0.492 e. The number of halogens is 1. The molecule has 0 saturated carbocycles. The van der Waals surface area contributed by atoms with Crippen molar-refractivity contribution in [3.8, 4) is 5.75 Å². The van der Waals surface area contributed by atoms with Gasteiger partial charge in [-0.2, -0.15) is 0 Å². The Morgan fingerprint density at radius 3 is 2.63 bits per heavy atom. The third kappa shape index (κ3) is 3.51. The minimum atomic E-state index is -0.991. The summed E-state index contributed by atoms with van der Waals surface area (Å²) in [5.41, 5.74) is 0.567. The summed E-state index contributed by atoms with van der Waals surface area (Å²) in [4.78, 5) is 15.1. The number of carboxylic acids is 1. The maximum atomic E-state index is 12.7. The summed E-state index contributed by atoms with van der Waals surface area (Å²) in [6.07, 6.45) is 3.07. The van der Waals surface area contributed by atoms with E-state index in [2.05, 4.69) is 4.98 Å². The van der Waals surface area contributed by atoms with Crippen LogP contribution in [0.3, 0.4) is 0 Å². The second-order valence-corrected chi connectivity index (χ2v) is 3.94. The molecule has 0 spiro atoms. The van der Waals surface area contributed by atoms with Crippen molar-refractivity contribution in [1.29, 1.82) is 0 Å². The van der Waals surface area contributed by atoms with Gasteiger partial charge in [-0.25, -0.2) is 4.39 Å². The Balaban J connectivity index is 2.06. The molecule has 1 heterocycles. The van der Waals surface area contributed by atoms with Crippen molar-refractivity contribution in [3.63, 3.8) is 0 Å². The van der Waals surface area contributed by atoms with Crippen LogP contribution in [0.5, 0.6) is 5.75 Å². The molecular formula is C14H12FNO3. The molecule has 0 aliphatic rings. The van der Waals surface area contributed by atoms with E-state index >= 15 is 0 Å². The van der Waals surface area contributed by atoms with E-state index in [0.717, 1.165) is 0 Å². The number of hydrogen-bond donors (Lipinski definition) is 1. The van der Waals surface area contributed by atoms with Crippen LogP contribution in [0.15, 0.2) is 48.8 Å². The summed E-state index contributed by atoms with van der Waals surface area (Å²) in [5.74, 6) is -1.74. The molecule has 0 aliphatic heterocycles. The van der Waals surface area contributed by atoms with Crippen LogP contribution in [0.2, 0.25) is 0 Å². The number of pyridine rings is 1. The molecule has 1 atom stereocenters. The summed E-state index contributed by atoms with van der Waals surface area (Å²) in [6, 6.07) is 8.78. The van der Waals surface area contributed by atoms with Gasteiger partial charge in [0.25, 0.3) is 0 Å². The van der Waals surface area contributed by atoms with E-state index in [1.165, 1.54) is 30.5 Å². The van der Waals surface area contributed by atoms with E-state index in [1.54, 1.807) is 18.3 Å². The first kappa shape index (κ1) is 13.0. The van der Waals surface area contributed by atoms with Gasteiger partial charge in [-0.1, -0.05) is 6.07 Å². The molecule has 5 heteroatoms. The third-order valence-electron chi connectivity index (χ3n) is 2.62. The predicted octanol–water partition coefficient (Wildman–Crippen LogP) is 2.47.